The monoisotopic (exact) mass is 442 g/mol. The normalized spacial score (nSPS) is 11.7. The maximum Gasteiger partial charge on any atom is 0.234 e. The molecule has 0 saturated carbocycles. The van der Waals surface area contributed by atoms with Crippen LogP contribution >= 0.6 is 23.4 Å². The number of thioether (sulfide) groups is 1. The molecule has 0 saturated heterocycles. The number of benzene rings is 2. The number of carbonyl (C=O) groups is 1. The van der Waals surface area contributed by atoms with E-state index >= 15 is 0 Å². The molecule has 156 valence electrons. The van der Waals surface area contributed by atoms with E-state index in [0.29, 0.717) is 28.2 Å². The lowest BCUT2D eigenvalue weighted by Gasteiger charge is -2.16. The maximum absolute atomic E-state index is 12.3. The molecule has 0 aliphatic heterocycles. The minimum Gasteiger partial charge on any atom is -0.483 e. The molecule has 1 atom stereocenters. The summed E-state index contributed by atoms with van der Waals surface area (Å²) in [6.07, 6.45) is 1.45. The number of amides is 1. The lowest BCUT2D eigenvalue weighted by atomic mass is 10.2. The van der Waals surface area contributed by atoms with Crippen LogP contribution in [0.5, 0.6) is 5.75 Å². The zero-order chi connectivity index (χ0) is 21.5. The van der Waals surface area contributed by atoms with Crippen molar-refractivity contribution in [3.63, 3.8) is 0 Å². The van der Waals surface area contributed by atoms with Crippen LogP contribution in [0.1, 0.15) is 24.4 Å². The van der Waals surface area contributed by atoms with Gasteiger partial charge >= 0.3 is 0 Å². The average Bonchev–Trinajstić information content (AvgIpc) is 3.09. The Kier molecular flexibility index (Phi) is 7.54. The lowest BCUT2D eigenvalue weighted by molar-refractivity contribution is -0.113. The SMILES string of the molecule is C=CCn1c(SCC(=O)Nc2cccc(Cl)c2)nnc1C(C)Oc1cccc(C)c1. The third-order valence-electron chi connectivity index (χ3n) is 4.16. The van der Waals surface area contributed by atoms with E-state index < -0.39 is 0 Å². The van der Waals surface area contributed by atoms with E-state index in [4.69, 9.17) is 16.3 Å². The highest BCUT2D eigenvalue weighted by molar-refractivity contribution is 7.99. The average molecular weight is 443 g/mol. The molecule has 0 fully saturated rings. The molecule has 0 aliphatic rings. The largest absolute Gasteiger partial charge is 0.483 e. The van der Waals surface area contributed by atoms with Gasteiger partial charge in [-0.25, -0.2) is 0 Å². The van der Waals surface area contributed by atoms with Gasteiger partial charge in [-0.1, -0.05) is 47.6 Å². The molecule has 8 heteroatoms. The Bertz CT molecular complexity index is 1040. The molecule has 3 rings (SSSR count). The van der Waals surface area contributed by atoms with Crippen LogP contribution in [0.15, 0.2) is 66.3 Å². The fourth-order valence-electron chi connectivity index (χ4n) is 2.85. The number of aromatic nitrogens is 3. The number of carbonyl (C=O) groups excluding carboxylic acids is 1. The number of nitrogens with zero attached hydrogens (tertiary/aromatic N) is 3. The molecule has 0 aliphatic carbocycles. The summed E-state index contributed by atoms with van der Waals surface area (Å²) in [5.41, 5.74) is 1.77. The van der Waals surface area contributed by atoms with Gasteiger partial charge in [0.1, 0.15) is 5.75 Å². The predicted molar refractivity (Wildman–Crippen MR) is 121 cm³/mol. The van der Waals surface area contributed by atoms with Crippen molar-refractivity contribution in [1.29, 1.82) is 0 Å². The maximum atomic E-state index is 12.3. The molecule has 3 aromatic rings. The highest BCUT2D eigenvalue weighted by Crippen LogP contribution is 2.25. The van der Waals surface area contributed by atoms with Crippen LogP contribution in [0, 0.1) is 6.92 Å². The van der Waals surface area contributed by atoms with Gasteiger partial charge in [0.2, 0.25) is 5.91 Å². The second-order valence-corrected chi connectivity index (χ2v) is 8.04. The van der Waals surface area contributed by atoms with E-state index in [1.165, 1.54) is 11.8 Å². The van der Waals surface area contributed by atoms with E-state index in [-0.39, 0.29) is 17.8 Å². The van der Waals surface area contributed by atoms with Crippen molar-refractivity contribution >= 4 is 35.0 Å². The van der Waals surface area contributed by atoms with E-state index in [1.807, 2.05) is 42.7 Å². The standard InChI is InChI=1S/C22H23ClN4O2S/c1-4-11-27-21(16(3)29-19-10-5-7-15(2)12-19)25-26-22(27)30-14-20(28)24-18-9-6-8-17(23)13-18/h4-10,12-13,16H,1,11,14H2,2-3H3,(H,24,28). The van der Waals surface area contributed by atoms with Crippen molar-refractivity contribution in [2.45, 2.75) is 31.7 Å². The van der Waals surface area contributed by atoms with Crippen molar-refractivity contribution in [3.8, 4) is 5.75 Å². The number of hydrogen-bond donors (Lipinski definition) is 1. The molecule has 30 heavy (non-hydrogen) atoms. The number of hydrogen-bond acceptors (Lipinski definition) is 5. The van der Waals surface area contributed by atoms with Gasteiger partial charge in [0.25, 0.3) is 0 Å². The highest BCUT2D eigenvalue weighted by atomic mass is 35.5. The molecule has 1 heterocycles. The van der Waals surface area contributed by atoms with Crippen LogP contribution < -0.4 is 10.1 Å². The van der Waals surface area contributed by atoms with Gasteiger partial charge in [-0.15, -0.1) is 16.8 Å². The summed E-state index contributed by atoms with van der Waals surface area (Å²) in [6, 6.07) is 14.9. The Labute approximate surface area is 185 Å². The van der Waals surface area contributed by atoms with Gasteiger partial charge in [0.05, 0.1) is 5.75 Å². The number of allylic oxidation sites excluding steroid dienone is 1. The Morgan fingerprint density at radius 3 is 2.83 bits per heavy atom. The number of aryl methyl sites for hydroxylation is 1. The van der Waals surface area contributed by atoms with Crippen LogP contribution in [0.2, 0.25) is 5.02 Å². The summed E-state index contributed by atoms with van der Waals surface area (Å²) in [7, 11) is 0. The molecule has 1 unspecified atom stereocenters. The molecule has 2 aromatic carbocycles. The quantitative estimate of drug-likeness (QED) is 0.360. The second kappa shape index (κ2) is 10.3. The Balaban J connectivity index is 1.67. The minimum absolute atomic E-state index is 0.152. The van der Waals surface area contributed by atoms with Gasteiger partial charge in [0, 0.05) is 17.3 Å². The third-order valence-corrected chi connectivity index (χ3v) is 5.37. The first-order valence-corrected chi connectivity index (χ1v) is 10.8. The van der Waals surface area contributed by atoms with Gasteiger partial charge in [-0.3, -0.25) is 9.36 Å². The number of ether oxygens (including phenoxy) is 1. The molecule has 0 radical (unpaired) electrons. The highest BCUT2D eigenvalue weighted by Gasteiger charge is 2.20. The fraction of sp³-hybridized carbons (Fsp3) is 0.227. The van der Waals surface area contributed by atoms with Crippen LogP contribution in [0.4, 0.5) is 5.69 Å². The lowest BCUT2D eigenvalue weighted by Crippen LogP contribution is -2.15. The number of halogens is 1. The van der Waals surface area contributed by atoms with Crippen molar-refractivity contribution in [2.24, 2.45) is 0 Å². The first-order chi connectivity index (χ1) is 14.5. The molecule has 0 spiro atoms. The molecule has 1 amide bonds. The minimum atomic E-state index is -0.311. The van der Waals surface area contributed by atoms with Gasteiger partial charge in [-0.2, -0.15) is 0 Å². The van der Waals surface area contributed by atoms with Crippen LogP contribution in [0.25, 0.3) is 0 Å². The van der Waals surface area contributed by atoms with E-state index in [0.717, 1.165) is 11.3 Å². The van der Waals surface area contributed by atoms with Gasteiger partial charge in [0.15, 0.2) is 17.1 Å². The Hall–Kier alpha value is -2.77. The van der Waals surface area contributed by atoms with Gasteiger partial charge in [-0.05, 0) is 49.7 Å². The first-order valence-electron chi connectivity index (χ1n) is 9.42. The smallest absolute Gasteiger partial charge is 0.234 e. The van der Waals surface area contributed by atoms with Crippen LogP contribution in [-0.4, -0.2) is 26.4 Å². The van der Waals surface area contributed by atoms with E-state index in [1.54, 1.807) is 30.3 Å². The van der Waals surface area contributed by atoms with Crippen LogP contribution in [0.3, 0.4) is 0 Å². The summed E-state index contributed by atoms with van der Waals surface area (Å²) >= 11 is 7.26. The zero-order valence-corrected chi connectivity index (χ0v) is 18.4. The summed E-state index contributed by atoms with van der Waals surface area (Å²) in [6.45, 7) is 8.27. The second-order valence-electron chi connectivity index (χ2n) is 6.66. The molecule has 0 bridgehead atoms. The predicted octanol–water partition coefficient (Wildman–Crippen LogP) is 5.30. The van der Waals surface area contributed by atoms with Crippen molar-refractivity contribution in [3.05, 3.63) is 77.6 Å². The number of anilines is 1. The van der Waals surface area contributed by atoms with E-state index in [9.17, 15) is 4.79 Å². The number of rotatable bonds is 9. The van der Waals surface area contributed by atoms with E-state index in [2.05, 4.69) is 22.1 Å². The van der Waals surface area contributed by atoms with Gasteiger partial charge < -0.3 is 10.1 Å². The summed E-state index contributed by atoms with van der Waals surface area (Å²) in [5.74, 6) is 1.48. The molecular weight excluding hydrogens is 420 g/mol. The summed E-state index contributed by atoms with van der Waals surface area (Å²) < 4.78 is 7.95. The zero-order valence-electron chi connectivity index (χ0n) is 16.8. The molecule has 6 nitrogen and oxygen atoms in total. The topological polar surface area (TPSA) is 69.0 Å². The van der Waals surface area contributed by atoms with Crippen LogP contribution in [-0.2, 0) is 11.3 Å². The van der Waals surface area contributed by atoms with Crippen molar-refractivity contribution in [1.82, 2.24) is 14.8 Å². The van der Waals surface area contributed by atoms with Crippen molar-refractivity contribution in [2.75, 3.05) is 11.1 Å². The summed E-state index contributed by atoms with van der Waals surface area (Å²) in [4.78, 5) is 12.3. The molecule has 1 N–H and O–H groups in total. The molecule has 1 aromatic heterocycles. The Morgan fingerprint density at radius 2 is 2.10 bits per heavy atom. The fourth-order valence-corrected chi connectivity index (χ4v) is 3.79. The Morgan fingerprint density at radius 1 is 1.30 bits per heavy atom. The summed E-state index contributed by atoms with van der Waals surface area (Å²) in [5, 5.41) is 12.6. The molecular formula is C22H23ClN4O2S. The first kappa shape index (κ1) is 21.9. The third kappa shape index (κ3) is 5.87. The van der Waals surface area contributed by atoms with Crippen molar-refractivity contribution < 1.29 is 9.53 Å². The number of nitrogens with one attached hydrogen (secondary N) is 1.